The first-order valence-corrected chi connectivity index (χ1v) is 11.3. The Morgan fingerprint density at radius 2 is 1.97 bits per heavy atom. The van der Waals surface area contributed by atoms with Crippen LogP contribution in [0.5, 0.6) is 0 Å². The van der Waals surface area contributed by atoms with Crippen LogP contribution >= 0.6 is 0 Å². The lowest BCUT2D eigenvalue weighted by Gasteiger charge is -2.28. The molecule has 2 N–H and O–H groups in total. The standard InChI is InChI=1S/C24H29N5O3/c1-28-15-25-21-13-20(17-3-6-19(7-4-17)29-8-10-32-11-9-29)27-23(22(21)24(28)31)26-18-5-2-16(12-18)14-30/h3-4,6-7,13,15-16,18,30H,2,5,8-12,14H2,1H3,(H,26,27)/t16-,18+/m1/s1. The summed E-state index contributed by atoms with van der Waals surface area (Å²) in [7, 11) is 1.70. The van der Waals surface area contributed by atoms with Crippen LogP contribution in [0.3, 0.4) is 0 Å². The van der Waals surface area contributed by atoms with Crippen LogP contribution in [0.1, 0.15) is 19.3 Å². The molecule has 2 atom stereocenters. The van der Waals surface area contributed by atoms with E-state index in [-0.39, 0.29) is 18.2 Å². The van der Waals surface area contributed by atoms with Crippen molar-refractivity contribution in [2.45, 2.75) is 25.3 Å². The van der Waals surface area contributed by atoms with Crippen molar-refractivity contribution in [3.63, 3.8) is 0 Å². The lowest BCUT2D eigenvalue weighted by molar-refractivity contribution is 0.122. The van der Waals surface area contributed by atoms with Gasteiger partial charge in [0, 0.05) is 44.0 Å². The summed E-state index contributed by atoms with van der Waals surface area (Å²) in [4.78, 5) is 24.6. The van der Waals surface area contributed by atoms with Crippen LogP contribution in [0, 0.1) is 5.92 Å². The number of aryl methyl sites for hydroxylation is 1. The van der Waals surface area contributed by atoms with Crippen LogP contribution in [0.25, 0.3) is 22.2 Å². The van der Waals surface area contributed by atoms with Gasteiger partial charge in [-0.25, -0.2) is 9.97 Å². The third-order valence-corrected chi connectivity index (χ3v) is 6.58. The fourth-order valence-corrected chi connectivity index (χ4v) is 4.70. The molecule has 8 heteroatoms. The molecule has 1 aliphatic heterocycles. The molecule has 3 aromatic rings. The number of ether oxygens (including phenoxy) is 1. The van der Waals surface area contributed by atoms with Crippen LogP contribution in [-0.2, 0) is 11.8 Å². The van der Waals surface area contributed by atoms with Gasteiger partial charge in [0.25, 0.3) is 5.56 Å². The molecule has 1 saturated carbocycles. The number of nitrogens with zero attached hydrogens (tertiary/aromatic N) is 4. The summed E-state index contributed by atoms with van der Waals surface area (Å²) >= 11 is 0. The molecule has 0 bridgehead atoms. The van der Waals surface area contributed by atoms with Crippen LogP contribution in [0.4, 0.5) is 11.5 Å². The molecule has 3 heterocycles. The summed E-state index contributed by atoms with van der Waals surface area (Å²) in [5.74, 6) is 0.877. The first kappa shape index (κ1) is 20.9. The Morgan fingerprint density at radius 1 is 1.19 bits per heavy atom. The average Bonchev–Trinajstić information content (AvgIpc) is 3.29. The Bertz CT molecular complexity index is 1150. The van der Waals surface area contributed by atoms with E-state index in [9.17, 15) is 9.90 Å². The molecule has 2 fully saturated rings. The number of aliphatic hydroxyl groups excluding tert-OH is 1. The van der Waals surface area contributed by atoms with E-state index in [0.717, 1.165) is 56.8 Å². The number of rotatable bonds is 5. The molecule has 0 radical (unpaired) electrons. The zero-order valence-electron chi connectivity index (χ0n) is 18.3. The lowest BCUT2D eigenvalue weighted by Crippen LogP contribution is -2.36. The van der Waals surface area contributed by atoms with Gasteiger partial charge < -0.3 is 24.6 Å². The molecule has 32 heavy (non-hydrogen) atoms. The molecule has 5 rings (SSSR count). The molecule has 8 nitrogen and oxygen atoms in total. The van der Waals surface area contributed by atoms with E-state index in [4.69, 9.17) is 9.72 Å². The number of benzene rings is 1. The number of nitrogens with one attached hydrogen (secondary N) is 1. The summed E-state index contributed by atoms with van der Waals surface area (Å²) in [6.07, 6.45) is 4.36. The molecular formula is C24H29N5O3. The smallest absolute Gasteiger partial charge is 0.264 e. The topological polar surface area (TPSA) is 92.5 Å². The second-order valence-corrected chi connectivity index (χ2v) is 8.76. The van der Waals surface area contributed by atoms with Crippen LogP contribution in [0.2, 0.25) is 0 Å². The quantitative estimate of drug-likeness (QED) is 0.636. The number of aromatic nitrogens is 3. The van der Waals surface area contributed by atoms with Gasteiger partial charge in [0.15, 0.2) is 0 Å². The highest BCUT2D eigenvalue weighted by molar-refractivity contribution is 5.91. The fraction of sp³-hybridized carbons (Fsp3) is 0.458. The zero-order chi connectivity index (χ0) is 22.1. The number of pyridine rings is 1. The van der Waals surface area contributed by atoms with E-state index in [2.05, 4.69) is 39.5 Å². The van der Waals surface area contributed by atoms with E-state index in [1.54, 1.807) is 13.4 Å². The van der Waals surface area contributed by atoms with Crippen molar-refractivity contribution < 1.29 is 9.84 Å². The Labute approximate surface area is 186 Å². The predicted molar refractivity (Wildman–Crippen MR) is 125 cm³/mol. The van der Waals surface area contributed by atoms with Gasteiger partial charge in [0.2, 0.25) is 0 Å². The van der Waals surface area contributed by atoms with E-state index in [1.165, 1.54) is 10.3 Å². The Balaban J connectivity index is 1.51. The van der Waals surface area contributed by atoms with Gasteiger partial charge in [-0.05, 0) is 43.4 Å². The summed E-state index contributed by atoms with van der Waals surface area (Å²) in [6, 6.07) is 10.4. The largest absolute Gasteiger partial charge is 0.396 e. The second kappa shape index (κ2) is 8.88. The number of hydrogen-bond donors (Lipinski definition) is 2. The maximum atomic E-state index is 12.9. The van der Waals surface area contributed by atoms with Gasteiger partial charge in [0.1, 0.15) is 11.2 Å². The molecule has 0 unspecified atom stereocenters. The second-order valence-electron chi connectivity index (χ2n) is 8.76. The molecular weight excluding hydrogens is 406 g/mol. The number of fused-ring (bicyclic) bond motifs is 1. The molecule has 1 aromatic carbocycles. The zero-order valence-corrected chi connectivity index (χ0v) is 18.3. The number of hydrogen-bond acceptors (Lipinski definition) is 7. The summed E-state index contributed by atoms with van der Waals surface area (Å²) in [5.41, 5.74) is 3.45. The lowest BCUT2D eigenvalue weighted by atomic mass is 10.1. The number of morpholine rings is 1. The first-order chi connectivity index (χ1) is 15.6. The predicted octanol–water partition coefficient (Wildman–Crippen LogP) is 2.41. The average molecular weight is 436 g/mol. The van der Waals surface area contributed by atoms with Crippen molar-refractivity contribution in [2.24, 2.45) is 13.0 Å². The van der Waals surface area contributed by atoms with Crippen molar-refractivity contribution in [2.75, 3.05) is 43.1 Å². The minimum Gasteiger partial charge on any atom is -0.396 e. The summed E-state index contributed by atoms with van der Waals surface area (Å²) in [5, 5.41) is 13.5. The normalized spacial score (nSPS) is 21.2. The van der Waals surface area contributed by atoms with E-state index >= 15 is 0 Å². The third kappa shape index (κ3) is 4.08. The monoisotopic (exact) mass is 435 g/mol. The van der Waals surface area contributed by atoms with Gasteiger partial charge in [-0.15, -0.1) is 0 Å². The van der Waals surface area contributed by atoms with Crippen molar-refractivity contribution in [3.8, 4) is 11.3 Å². The minimum absolute atomic E-state index is 0.115. The summed E-state index contributed by atoms with van der Waals surface area (Å²) in [6.45, 7) is 3.49. The van der Waals surface area contributed by atoms with Crippen molar-refractivity contribution >= 4 is 22.4 Å². The molecule has 1 aliphatic carbocycles. The highest BCUT2D eigenvalue weighted by Crippen LogP contribution is 2.31. The van der Waals surface area contributed by atoms with Gasteiger partial charge in [-0.3, -0.25) is 4.79 Å². The van der Waals surface area contributed by atoms with Gasteiger partial charge in [0.05, 0.1) is 30.8 Å². The number of aliphatic hydroxyl groups is 1. The van der Waals surface area contributed by atoms with E-state index in [0.29, 0.717) is 22.6 Å². The van der Waals surface area contributed by atoms with Crippen molar-refractivity contribution in [3.05, 3.63) is 47.0 Å². The van der Waals surface area contributed by atoms with Crippen LogP contribution in [0.15, 0.2) is 41.5 Å². The Morgan fingerprint density at radius 3 is 2.69 bits per heavy atom. The van der Waals surface area contributed by atoms with E-state index < -0.39 is 0 Å². The minimum atomic E-state index is -0.115. The van der Waals surface area contributed by atoms with E-state index in [1.807, 2.05) is 6.07 Å². The highest BCUT2D eigenvalue weighted by atomic mass is 16.5. The van der Waals surface area contributed by atoms with Gasteiger partial charge >= 0.3 is 0 Å². The Kier molecular flexibility index (Phi) is 5.80. The number of anilines is 2. The van der Waals surface area contributed by atoms with Crippen molar-refractivity contribution in [1.29, 1.82) is 0 Å². The van der Waals surface area contributed by atoms with Gasteiger partial charge in [-0.1, -0.05) is 12.1 Å². The molecule has 2 aliphatic rings. The van der Waals surface area contributed by atoms with Crippen LogP contribution < -0.4 is 15.8 Å². The highest BCUT2D eigenvalue weighted by Gasteiger charge is 2.25. The van der Waals surface area contributed by atoms with Crippen LogP contribution in [-0.4, -0.2) is 58.6 Å². The van der Waals surface area contributed by atoms with Crippen molar-refractivity contribution in [1.82, 2.24) is 14.5 Å². The SMILES string of the molecule is Cn1cnc2cc(-c3ccc(N4CCOCC4)cc3)nc(N[C@H]3CC[C@@H](CO)C3)c2c1=O. The molecule has 168 valence electrons. The molecule has 1 saturated heterocycles. The van der Waals surface area contributed by atoms with Gasteiger partial charge in [-0.2, -0.15) is 0 Å². The first-order valence-electron chi connectivity index (χ1n) is 11.3. The summed E-state index contributed by atoms with van der Waals surface area (Å²) < 4.78 is 6.93. The molecule has 0 amide bonds. The maximum absolute atomic E-state index is 12.9. The fourth-order valence-electron chi connectivity index (χ4n) is 4.70. The molecule has 2 aromatic heterocycles. The maximum Gasteiger partial charge on any atom is 0.264 e. The molecule has 0 spiro atoms. The Hall–Kier alpha value is -2.97. The third-order valence-electron chi connectivity index (χ3n) is 6.58.